The van der Waals surface area contributed by atoms with Crippen LogP contribution in [0.5, 0.6) is 0 Å². The average molecular weight is 334 g/mol. The van der Waals surface area contributed by atoms with Crippen molar-refractivity contribution >= 4 is 17.5 Å². The highest BCUT2D eigenvalue weighted by atomic mass is 35.5. The highest BCUT2D eigenvalue weighted by Crippen LogP contribution is 2.22. The van der Waals surface area contributed by atoms with E-state index in [-0.39, 0.29) is 18.4 Å². The third kappa shape index (κ3) is 4.55. The highest BCUT2D eigenvalue weighted by Gasteiger charge is 2.16. The van der Waals surface area contributed by atoms with Crippen molar-refractivity contribution in [2.75, 3.05) is 0 Å². The lowest BCUT2D eigenvalue weighted by molar-refractivity contribution is -0.121. The standard InChI is InChI=1S/C19H21ClFNO/c1-4-18(16-8-5-12(2)9-13(16)3)22-19(23)10-14-6-7-15(20)11-17(14)21/h5-9,11,18H,4,10H2,1-3H3,(H,22,23)/t18-/m1/s1. The highest BCUT2D eigenvalue weighted by molar-refractivity contribution is 6.30. The fraction of sp³-hybridized carbons (Fsp3) is 0.316. The zero-order valence-corrected chi connectivity index (χ0v) is 14.4. The fourth-order valence-corrected chi connectivity index (χ4v) is 2.86. The van der Waals surface area contributed by atoms with E-state index in [9.17, 15) is 9.18 Å². The number of nitrogens with one attached hydrogen (secondary N) is 1. The topological polar surface area (TPSA) is 29.1 Å². The molecule has 0 fully saturated rings. The van der Waals surface area contributed by atoms with E-state index in [2.05, 4.69) is 11.4 Å². The molecule has 2 aromatic rings. The summed E-state index contributed by atoms with van der Waals surface area (Å²) in [6.07, 6.45) is 0.781. The molecule has 0 saturated carbocycles. The number of hydrogen-bond acceptors (Lipinski definition) is 1. The molecule has 0 aliphatic carbocycles. The van der Waals surface area contributed by atoms with Crippen LogP contribution in [0.2, 0.25) is 5.02 Å². The van der Waals surface area contributed by atoms with Crippen LogP contribution in [0.4, 0.5) is 4.39 Å². The molecule has 0 unspecified atom stereocenters. The van der Waals surface area contributed by atoms with E-state index >= 15 is 0 Å². The molecule has 0 bridgehead atoms. The lowest BCUT2D eigenvalue weighted by atomic mass is 9.97. The minimum atomic E-state index is -0.452. The molecule has 1 atom stereocenters. The maximum absolute atomic E-state index is 13.8. The number of hydrogen-bond donors (Lipinski definition) is 1. The van der Waals surface area contributed by atoms with Gasteiger partial charge in [-0.15, -0.1) is 0 Å². The molecule has 0 aliphatic rings. The number of carbonyl (C=O) groups is 1. The monoisotopic (exact) mass is 333 g/mol. The molecular formula is C19H21ClFNO. The molecule has 0 saturated heterocycles. The van der Waals surface area contributed by atoms with E-state index in [0.717, 1.165) is 17.5 Å². The molecule has 2 rings (SSSR count). The Morgan fingerprint density at radius 3 is 2.57 bits per heavy atom. The SMILES string of the molecule is CC[C@@H](NC(=O)Cc1ccc(Cl)cc1F)c1ccc(C)cc1C. The van der Waals surface area contributed by atoms with Crippen LogP contribution >= 0.6 is 11.6 Å². The second-order valence-electron chi connectivity index (χ2n) is 5.80. The summed E-state index contributed by atoms with van der Waals surface area (Å²) in [7, 11) is 0. The summed E-state index contributed by atoms with van der Waals surface area (Å²) >= 11 is 5.73. The molecule has 0 radical (unpaired) electrons. The molecule has 4 heteroatoms. The van der Waals surface area contributed by atoms with E-state index in [1.165, 1.54) is 11.6 Å². The molecule has 0 spiro atoms. The molecular weight excluding hydrogens is 313 g/mol. The van der Waals surface area contributed by atoms with E-state index in [1.807, 2.05) is 32.9 Å². The van der Waals surface area contributed by atoms with Crippen molar-refractivity contribution in [3.05, 3.63) is 69.5 Å². The van der Waals surface area contributed by atoms with Crippen LogP contribution in [0, 0.1) is 19.7 Å². The zero-order chi connectivity index (χ0) is 17.0. The molecule has 1 amide bonds. The van der Waals surface area contributed by atoms with E-state index in [4.69, 9.17) is 11.6 Å². The molecule has 122 valence electrons. The summed E-state index contributed by atoms with van der Waals surface area (Å²) in [4.78, 5) is 12.3. The Bertz CT molecular complexity index is 715. The first-order valence-electron chi connectivity index (χ1n) is 7.71. The summed E-state index contributed by atoms with van der Waals surface area (Å²) in [6.45, 7) is 6.10. The lowest BCUT2D eigenvalue weighted by Gasteiger charge is -2.20. The number of carbonyl (C=O) groups excluding carboxylic acids is 1. The van der Waals surface area contributed by atoms with Gasteiger partial charge in [-0.25, -0.2) is 4.39 Å². The van der Waals surface area contributed by atoms with Gasteiger partial charge in [0.05, 0.1) is 12.5 Å². The van der Waals surface area contributed by atoms with Crippen molar-refractivity contribution in [1.29, 1.82) is 0 Å². The quantitative estimate of drug-likeness (QED) is 0.828. The fourth-order valence-electron chi connectivity index (χ4n) is 2.70. The number of rotatable bonds is 5. The van der Waals surface area contributed by atoms with Crippen molar-refractivity contribution in [3.63, 3.8) is 0 Å². The van der Waals surface area contributed by atoms with Crippen LogP contribution in [0.1, 0.15) is 41.6 Å². The Balaban J connectivity index is 2.10. The Kier molecular flexibility index (Phi) is 5.78. The smallest absolute Gasteiger partial charge is 0.225 e. The largest absolute Gasteiger partial charge is 0.349 e. The minimum absolute atomic E-state index is 0.00438. The van der Waals surface area contributed by atoms with Crippen LogP contribution < -0.4 is 5.32 Å². The summed E-state index contributed by atoms with van der Waals surface area (Å²) in [5.74, 6) is -0.648. The second kappa shape index (κ2) is 7.60. The number of benzene rings is 2. The molecule has 2 aromatic carbocycles. The Morgan fingerprint density at radius 1 is 1.22 bits per heavy atom. The average Bonchev–Trinajstić information content (AvgIpc) is 2.48. The Morgan fingerprint density at radius 2 is 1.96 bits per heavy atom. The summed E-state index contributed by atoms with van der Waals surface area (Å²) in [5.41, 5.74) is 3.79. The Labute approximate surface area is 141 Å². The molecule has 0 aromatic heterocycles. The van der Waals surface area contributed by atoms with E-state index in [1.54, 1.807) is 12.1 Å². The number of amides is 1. The van der Waals surface area contributed by atoms with Gasteiger partial charge >= 0.3 is 0 Å². The van der Waals surface area contributed by atoms with Gasteiger partial charge in [0.25, 0.3) is 0 Å². The van der Waals surface area contributed by atoms with Crippen molar-refractivity contribution in [1.82, 2.24) is 5.32 Å². The van der Waals surface area contributed by atoms with Gasteiger partial charge in [0.1, 0.15) is 5.82 Å². The maximum Gasteiger partial charge on any atom is 0.225 e. The third-order valence-corrected chi connectivity index (χ3v) is 4.15. The minimum Gasteiger partial charge on any atom is -0.349 e. The van der Waals surface area contributed by atoms with Gasteiger partial charge in [-0.1, -0.05) is 48.4 Å². The van der Waals surface area contributed by atoms with Crippen LogP contribution in [0.3, 0.4) is 0 Å². The van der Waals surface area contributed by atoms with E-state index < -0.39 is 5.82 Å². The maximum atomic E-state index is 13.8. The van der Waals surface area contributed by atoms with Gasteiger partial charge in [-0.3, -0.25) is 4.79 Å². The predicted molar refractivity (Wildman–Crippen MR) is 92.2 cm³/mol. The van der Waals surface area contributed by atoms with Crippen LogP contribution in [-0.2, 0) is 11.2 Å². The summed E-state index contributed by atoms with van der Waals surface area (Å²) < 4.78 is 13.8. The first-order valence-corrected chi connectivity index (χ1v) is 8.09. The van der Waals surface area contributed by atoms with Crippen LogP contribution in [0.15, 0.2) is 36.4 Å². The predicted octanol–water partition coefficient (Wildman–Crippen LogP) is 4.91. The third-order valence-electron chi connectivity index (χ3n) is 3.91. The molecule has 0 aliphatic heterocycles. The number of halogens is 2. The van der Waals surface area contributed by atoms with Gasteiger partial charge in [0.15, 0.2) is 0 Å². The van der Waals surface area contributed by atoms with Crippen LogP contribution in [-0.4, -0.2) is 5.91 Å². The van der Waals surface area contributed by atoms with E-state index in [0.29, 0.717) is 10.6 Å². The van der Waals surface area contributed by atoms with Gasteiger partial charge in [-0.2, -0.15) is 0 Å². The van der Waals surface area contributed by atoms with Gasteiger partial charge in [-0.05, 0) is 49.1 Å². The summed E-state index contributed by atoms with van der Waals surface area (Å²) in [6, 6.07) is 10.5. The zero-order valence-electron chi connectivity index (χ0n) is 13.6. The van der Waals surface area contributed by atoms with Gasteiger partial charge < -0.3 is 5.32 Å². The van der Waals surface area contributed by atoms with Crippen molar-refractivity contribution in [2.45, 2.75) is 39.7 Å². The normalized spacial score (nSPS) is 12.0. The van der Waals surface area contributed by atoms with Crippen molar-refractivity contribution < 1.29 is 9.18 Å². The van der Waals surface area contributed by atoms with Gasteiger partial charge in [0.2, 0.25) is 5.91 Å². The summed E-state index contributed by atoms with van der Waals surface area (Å²) in [5, 5.41) is 3.32. The molecule has 0 heterocycles. The first-order chi connectivity index (χ1) is 10.9. The molecule has 1 N–H and O–H groups in total. The molecule has 23 heavy (non-hydrogen) atoms. The van der Waals surface area contributed by atoms with Crippen molar-refractivity contribution in [2.24, 2.45) is 0 Å². The van der Waals surface area contributed by atoms with Gasteiger partial charge in [0, 0.05) is 5.02 Å². The molecule has 2 nitrogen and oxygen atoms in total. The van der Waals surface area contributed by atoms with Crippen LogP contribution in [0.25, 0.3) is 0 Å². The lowest BCUT2D eigenvalue weighted by Crippen LogP contribution is -2.30. The number of aryl methyl sites for hydroxylation is 2. The first kappa shape index (κ1) is 17.5. The second-order valence-corrected chi connectivity index (χ2v) is 6.24. The van der Waals surface area contributed by atoms with Crippen molar-refractivity contribution in [3.8, 4) is 0 Å². The Hall–Kier alpha value is -1.87.